The lowest BCUT2D eigenvalue weighted by Gasteiger charge is -2.23. The maximum absolute atomic E-state index is 13.2. The van der Waals surface area contributed by atoms with Gasteiger partial charge in [0.1, 0.15) is 5.00 Å². The lowest BCUT2D eigenvalue weighted by molar-refractivity contribution is -0.146. The fourth-order valence-corrected chi connectivity index (χ4v) is 6.69. The number of hydrogen-bond acceptors (Lipinski definition) is 4. The van der Waals surface area contributed by atoms with Crippen LogP contribution in [0, 0.1) is 29.6 Å². The highest BCUT2D eigenvalue weighted by atomic mass is 32.1. The maximum atomic E-state index is 13.2. The van der Waals surface area contributed by atoms with E-state index in [9.17, 15) is 19.5 Å². The van der Waals surface area contributed by atoms with Crippen molar-refractivity contribution < 1.29 is 19.5 Å². The van der Waals surface area contributed by atoms with Gasteiger partial charge in [-0.15, -0.1) is 11.3 Å². The summed E-state index contributed by atoms with van der Waals surface area (Å²) in [5, 5.41) is 16.3. The first kappa shape index (κ1) is 18.9. The number of aliphatic carboxylic acids is 1. The number of nitrogens with one attached hydrogen (secondary N) is 2. The van der Waals surface area contributed by atoms with Crippen molar-refractivity contribution in [1.82, 2.24) is 5.32 Å². The monoisotopic (exact) mass is 414 g/mol. The summed E-state index contributed by atoms with van der Waals surface area (Å²) in [5.41, 5.74) is 1.69. The van der Waals surface area contributed by atoms with Crippen LogP contribution < -0.4 is 10.6 Å². The number of rotatable bonds is 5. The van der Waals surface area contributed by atoms with E-state index < -0.39 is 17.8 Å². The van der Waals surface area contributed by atoms with E-state index in [-0.39, 0.29) is 29.7 Å². The van der Waals surface area contributed by atoms with Gasteiger partial charge in [0.05, 0.1) is 17.4 Å². The molecule has 1 aromatic rings. The van der Waals surface area contributed by atoms with Crippen LogP contribution in [0.25, 0.3) is 0 Å². The average Bonchev–Trinajstić information content (AvgIpc) is 3.11. The third-order valence-corrected chi connectivity index (χ3v) is 8.10. The van der Waals surface area contributed by atoms with Crippen LogP contribution in [0.1, 0.15) is 53.4 Å². The zero-order valence-corrected chi connectivity index (χ0v) is 17.3. The van der Waals surface area contributed by atoms with E-state index >= 15 is 0 Å². The molecular weight excluding hydrogens is 388 g/mol. The maximum Gasteiger partial charge on any atom is 0.307 e. The molecule has 7 heteroatoms. The first-order chi connectivity index (χ1) is 13.9. The summed E-state index contributed by atoms with van der Waals surface area (Å²) in [6, 6.07) is 0.246. The largest absolute Gasteiger partial charge is 0.481 e. The molecule has 29 heavy (non-hydrogen) atoms. The number of anilines is 1. The minimum atomic E-state index is -0.909. The van der Waals surface area contributed by atoms with E-state index in [1.807, 2.05) is 12.2 Å². The number of hydrogen-bond donors (Lipinski definition) is 3. The summed E-state index contributed by atoms with van der Waals surface area (Å²) in [6.07, 6.45) is 9.48. The molecule has 0 saturated heterocycles. The molecule has 154 valence electrons. The molecule has 0 radical (unpaired) electrons. The number of thiophene rings is 1. The number of allylic oxidation sites excluding steroid dienone is 2. The Morgan fingerprint density at radius 1 is 1.10 bits per heavy atom. The molecule has 4 aliphatic rings. The van der Waals surface area contributed by atoms with E-state index in [0.717, 1.165) is 44.1 Å². The van der Waals surface area contributed by atoms with Crippen LogP contribution in [0.5, 0.6) is 0 Å². The summed E-state index contributed by atoms with van der Waals surface area (Å²) >= 11 is 1.50. The summed E-state index contributed by atoms with van der Waals surface area (Å²) < 4.78 is 0. The molecule has 0 aromatic carbocycles. The van der Waals surface area contributed by atoms with Gasteiger partial charge in [-0.25, -0.2) is 0 Å². The summed E-state index contributed by atoms with van der Waals surface area (Å²) in [7, 11) is 0. The summed E-state index contributed by atoms with van der Waals surface area (Å²) in [4.78, 5) is 39.1. The summed E-state index contributed by atoms with van der Waals surface area (Å²) in [6.45, 7) is 2.21. The van der Waals surface area contributed by atoms with Crippen molar-refractivity contribution in [3.8, 4) is 0 Å². The van der Waals surface area contributed by atoms with Crippen LogP contribution in [0.2, 0.25) is 0 Å². The number of carboxylic acid groups (broad SMARTS) is 1. The predicted octanol–water partition coefficient (Wildman–Crippen LogP) is 3.23. The van der Waals surface area contributed by atoms with E-state index in [4.69, 9.17) is 0 Å². The number of carbonyl (C=O) groups excluding carboxylic acids is 2. The average molecular weight is 415 g/mol. The van der Waals surface area contributed by atoms with E-state index in [0.29, 0.717) is 16.5 Å². The summed E-state index contributed by atoms with van der Waals surface area (Å²) in [5.74, 6) is -2.05. The fourth-order valence-electron chi connectivity index (χ4n) is 5.28. The Bertz CT molecular complexity index is 916. The number of carboxylic acids is 1. The smallest absolute Gasteiger partial charge is 0.307 e. The molecule has 3 N–H and O–H groups in total. The molecule has 2 fully saturated rings. The Morgan fingerprint density at radius 3 is 2.52 bits per heavy atom. The zero-order valence-electron chi connectivity index (χ0n) is 16.4. The quantitative estimate of drug-likeness (QED) is 0.645. The van der Waals surface area contributed by atoms with Crippen molar-refractivity contribution in [3.05, 3.63) is 28.2 Å². The second-order valence-electron chi connectivity index (χ2n) is 9.13. The van der Waals surface area contributed by atoms with Crippen molar-refractivity contribution in [2.45, 2.75) is 51.5 Å². The van der Waals surface area contributed by atoms with Gasteiger partial charge < -0.3 is 15.7 Å². The third kappa shape index (κ3) is 3.29. The van der Waals surface area contributed by atoms with Gasteiger partial charge >= 0.3 is 5.97 Å². The minimum Gasteiger partial charge on any atom is -0.481 e. The van der Waals surface area contributed by atoms with E-state index in [1.165, 1.54) is 16.2 Å². The SMILES string of the molecule is C[C@@H]1CCc2c(sc(NC(=O)[C@@H]3[C@@H](C(=O)O)[C@H]4C=C[C@H]3C4)c2C(=O)NC2CC2)C1. The van der Waals surface area contributed by atoms with Crippen molar-refractivity contribution in [2.24, 2.45) is 29.6 Å². The highest BCUT2D eigenvalue weighted by molar-refractivity contribution is 7.17. The Balaban J connectivity index is 1.44. The van der Waals surface area contributed by atoms with Crippen molar-refractivity contribution >= 4 is 34.1 Å². The molecule has 0 unspecified atom stereocenters. The third-order valence-electron chi connectivity index (χ3n) is 6.94. The first-order valence-corrected chi connectivity index (χ1v) is 11.4. The standard InChI is InChI=1S/C22H26N2O4S/c1-10-2-7-14-15(8-10)29-21(18(14)20(26)23-13-5-6-13)24-19(25)16-11-3-4-12(9-11)17(16)22(27)28/h3-4,10-13,16-17H,2,5-9H2,1H3,(H,23,26)(H,24,25)(H,27,28)/t10-,11+,12+,16+,17+/m1/s1. The van der Waals surface area contributed by atoms with E-state index in [1.54, 1.807) is 0 Å². The molecule has 4 aliphatic carbocycles. The Labute approximate surface area is 173 Å². The Morgan fingerprint density at radius 2 is 1.83 bits per heavy atom. The van der Waals surface area contributed by atoms with Gasteiger partial charge in [-0.05, 0) is 61.8 Å². The molecule has 2 bridgehead atoms. The Hall–Kier alpha value is -2.15. The van der Waals surface area contributed by atoms with Gasteiger partial charge in [0, 0.05) is 10.9 Å². The van der Waals surface area contributed by atoms with E-state index in [2.05, 4.69) is 17.6 Å². The van der Waals surface area contributed by atoms with Gasteiger partial charge in [0.15, 0.2) is 0 Å². The first-order valence-electron chi connectivity index (χ1n) is 10.6. The number of amides is 2. The van der Waals surface area contributed by atoms with Gasteiger partial charge in [0.2, 0.25) is 5.91 Å². The van der Waals surface area contributed by atoms with Crippen LogP contribution in [-0.4, -0.2) is 28.9 Å². The van der Waals surface area contributed by atoms with Gasteiger partial charge in [-0.2, -0.15) is 0 Å². The lowest BCUT2D eigenvalue weighted by atomic mass is 9.82. The second kappa shape index (κ2) is 6.97. The van der Waals surface area contributed by atoms with Gasteiger partial charge in [-0.1, -0.05) is 19.1 Å². The molecule has 5 rings (SSSR count). The second-order valence-corrected chi connectivity index (χ2v) is 10.2. The zero-order chi connectivity index (χ0) is 20.3. The lowest BCUT2D eigenvalue weighted by Crippen LogP contribution is -2.36. The number of fused-ring (bicyclic) bond motifs is 3. The normalized spacial score (nSPS) is 32.1. The van der Waals surface area contributed by atoms with Crippen LogP contribution in [0.4, 0.5) is 5.00 Å². The van der Waals surface area contributed by atoms with Crippen molar-refractivity contribution in [1.29, 1.82) is 0 Å². The predicted molar refractivity (Wildman–Crippen MR) is 110 cm³/mol. The minimum absolute atomic E-state index is 0.0283. The molecule has 2 amide bonds. The van der Waals surface area contributed by atoms with Crippen molar-refractivity contribution in [3.63, 3.8) is 0 Å². The Kier molecular flexibility index (Phi) is 4.53. The highest BCUT2D eigenvalue weighted by Crippen LogP contribution is 2.49. The van der Waals surface area contributed by atoms with Gasteiger partial charge in [0.25, 0.3) is 5.91 Å². The molecule has 1 heterocycles. The molecule has 6 nitrogen and oxygen atoms in total. The fraction of sp³-hybridized carbons (Fsp3) is 0.591. The van der Waals surface area contributed by atoms with Crippen LogP contribution in [0.15, 0.2) is 12.2 Å². The van der Waals surface area contributed by atoms with Gasteiger partial charge in [-0.3, -0.25) is 14.4 Å². The number of carbonyl (C=O) groups is 3. The molecule has 1 aromatic heterocycles. The van der Waals surface area contributed by atoms with Crippen molar-refractivity contribution in [2.75, 3.05) is 5.32 Å². The molecule has 5 atom stereocenters. The molecular formula is C22H26N2O4S. The molecule has 2 saturated carbocycles. The highest BCUT2D eigenvalue weighted by Gasteiger charge is 2.52. The topological polar surface area (TPSA) is 95.5 Å². The molecule has 0 spiro atoms. The van der Waals surface area contributed by atoms with Crippen LogP contribution in [0.3, 0.4) is 0 Å². The van der Waals surface area contributed by atoms with Crippen LogP contribution >= 0.6 is 11.3 Å². The van der Waals surface area contributed by atoms with Crippen LogP contribution in [-0.2, 0) is 22.4 Å². The molecule has 0 aliphatic heterocycles.